The van der Waals surface area contributed by atoms with Gasteiger partial charge in [0.2, 0.25) is 10.0 Å². The highest BCUT2D eigenvalue weighted by atomic mass is 32.2. The van der Waals surface area contributed by atoms with Crippen LogP contribution in [0.15, 0.2) is 30.3 Å². The Labute approximate surface area is 103 Å². The summed E-state index contributed by atoms with van der Waals surface area (Å²) in [5.74, 6) is 0.151. The second-order valence-corrected chi connectivity index (χ2v) is 6.21. The molecule has 4 nitrogen and oxygen atoms in total. The van der Waals surface area contributed by atoms with Gasteiger partial charge in [0.25, 0.3) is 0 Å². The molecule has 0 aromatic heterocycles. The van der Waals surface area contributed by atoms with Gasteiger partial charge in [0.1, 0.15) is 0 Å². The molecule has 0 atom stereocenters. The van der Waals surface area contributed by atoms with Crippen molar-refractivity contribution in [3.8, 4) is 0 Å². The van der Waals surface area contributed by atoms with Gasteiger partial charge in [-0.1, -0.05) is 30.3 Å². The van der Waals surface area contributed by atoms with E-state index < -0.39 is 10.0 Å². The molecule has 0 aliphatic heterocycles. The molecule has 0 spiro atoms. The van der Waals surface area contributed by atoms with Gasteiger partial charge in [-0.3, -0.25) is 0 Å². The molecular formula is C12H20N2O2S. The fraction of sp³-hybridized carbons (Fsp3) is 0.500. The van der Waals surface area contributed by atoms with Gasteiger partial charge in [-0.15, -0.1) is 0 Å². The van der Waals surface area contributed by atoms with E-state index in [0.29, 0.717) is 25.9 Å². The lowest BCUT2D eigenvalue weighted by Gasteiger charge is -2.16. The molecular weight excluding hydrogens is 236 g/mol. The summed E-state index contributed by atoms with van der Waals surface area (Å²) in [5, 5.41) is 0. The predicted molar refractivity (Wildman–Crippen MR) is 70.2 cm³/mol. The summed E-state index contributed by atoms with van der Waals surface area (Å²) in [5.41, 5.74) is 6.41. The molecule has 0 fully saturated rings. The minimum atomic E-state index is -3.15. The monoisotopic (exact) mass is 256 g/mol. The van der Waals surface area contributed by atoms with Crippen LogP contribution in [0.2, 0.25) is 0 Å². The zero-order chi connectivity index (χ0) is 12.7. The van der Waals surface area contributed by atoms with E-state index in [0.717, 1.165) is 5.56 Å². The third kappa shape index (κ3) is 4.85. The molecule has 2 N–H and O–H groups in total. The highest BCUT2D eigenvalue weighted by molar-refractivity contribution is 7.89. The van der Waals surface area contributed by atoms with Gasteiger partial charge in [0.05, 0.1) is 5.75 Å². The van der Waals surface area contributed by atoms with Crippen molar-refractivity contribution in [3.05, 3.63) is 35.9 Å². The van der Waals surface area contributed by atoms with Crippen molar-refractivity contribution in [1.29, 1.82) is 0 Å². The summed E-state index contributed by atoms with van der Waals surface area (Å²) < 4.78 is 25.2. The molecule has 5 heteroatoms. The number of hydrogen-bond acceptors (Lipinski definition) is 3. The van der Waals surface area contributed by atoms with Crippen LogP contribution in [0.3, 0.4) is 0 Å². The van der Waals surface area contributed by atoms with Crippen molar-refractivity contribution in [2.75, 3.05) is 25.9 Å². The maximum atomic E-state index is 11.9. The molecule has 0 saturated carbocycles. The first-order valence-electron chi connectivity index (χ1n) is 5.74. The first-order valence-corrected chi connectivity index (χ1v) is 7.35. The van der Waals surface area contributed by atoms with Crippen LogP contribution < -0.4 is 5.73 Å². The second kappa shape index (κ2) is 6.74. The topological polar surface area (TPSA) is 63.4 Å². The summed E-state index contributed by atoms with van der Waals surface area (Å²) in [6.45, 7) is 1.01. The number of aryl methyl sites for hydroxylation is 1. The Morgan fingerprint density at radius 2 is 1.88 bits per heavy atom. The Morgan fingerprint density at radius 3 is 2.47 bits per heavy atom. The number of sulfonamides is 1. The van der Waals surface area contributed by atoms with E-state index in [1.807, 2.05) is 30.3 Å². The number of benzene rings is 1. The average Bonchev–Trinajstić information content (AvgIpc) is 2.35. The molecule has 1 aromatic rings. The van der Waals surface area contributed by atoms with Gasteiger partial charge in [-0.25, -0.2) is 12.7 Å². The number of rotatable bonds is 7. The molecule has 1 aromatic carbocycles. The standard InChI is InChI=1S/C12H20N2O2S/c1-14(10-5-9-13)17(15,16)11-8-12-6-3-2-4-7-12/h2-4,6-7H,5,8-11,13H2,1H3. The smallest absolute Gasteiger partial charge is 0.214 e. The van der Waals surface area contributed by atoms with E-state index in [4.69, 9.17) is 5.73 Å². The molecule has 0 radical (unpaired) electrons. The fourth-order valence-electron chi connectivity index (χ4n) is 1.50. The molecule has 0 unspecified atom stereocenters. The molecule has 0 heterocycles. The normalized spacial score (nSPS) is 11.9. The maximum Gasteiger partial charge on any atom is 0.214 e. The van der Waals surface area contributed by atoms with E-state index in [1.165, 1.54) is 4.31 Å². The van der Waals surface area contributed by atoms with Crippen molar-refractivity contribution in [1.82, 2.24) is 4.31 Å². The van der Waals surface area contributed by atoms with Gasteiger partial charge in [0.15, 0.2) is 0 Å². The molecule has 17 heavy (non-hydrogen) atoms. The first kappa shape index (κ1) is 14.2. The number of nitrogens with two attached hydrogens (primary N) is 1. The molecule has 0 aliphatic rings. The Kier molecular flexibility index (Phi) is 5.61. The Morgan fingerprint density at radius 1 is 1.24 bits per heavy atom. The van der Waals surface area contributed by atoms with E-state index in [2.05, 4.69) is 0 Å². The van der Waals surface area contributed by atoms with E-state index in [1.54, 1.807) is 7.05 Å². The summed E-state index contributed by atoms with van der Waals surface area (Å²) >= 11 is 0. The molecule has 0 aliphatic carbocycles. The summed E-state index contributed by atoms with van der Waals surface area (Å²) in [6.07, 6.45) is 1.25. The largest absolute Gasteiger partial charge is 0.330 e. The van der Waals surface area contributed by atoms with Crippen LogP contribution in [0.25, 0.3) is 0 Å². The first-order chi connectivity index (χ1) is 8.06. The fourth-order valence-corrected chi connectivity index (χ4v) is 2.71. The average molecular weight is 256 g/mol. The van der Waals surface area contributed by atoms with Crippen molar-refractivity contribution in [2.45, 2.75) is 12.8 Å². The van der Waals surface area contributed by atoms with Crippen LogP contribution in [0, 0.1) is 0 Å². The van der Waals surface area contributed by atoms with Gasteiger partial charge in [-0.05, 0) is 24.9 Å². The number of hydrogen-bond donors (Lipinski definition) is 1. The zero-order valence-electron chi connectivity index (χ0n) is 10.2. The Bertz CT molecular complexity index is 417. The number of nitrogens with zero attached hydrogens (tertiary/aromatic N) is 1. The van der Waals surface area contributed by atoms with Crippen LogP contribution in [0.4, 0.5) is 0 Å². The maximum absolute atomic E-state index is 11.9. The van der Waals surface area contributed by atoms with E-state index in [9.17, 15) is 8.42 Å². The molecule has 0 amide bonds. The SMILES string of the molecule is CN(CCCN)S(=O)(=O)CCc1ccccc1. The van der Waals surface area contributed by atoms with Gasteiger partial charge in [-0.2, -0.15) is 0 Å². The van der Waals surface area contributed by atoms with Gasteiger partial charge in [0, 0.05) is 13.6 Å². The Balaban J connectivity index is 2.50. The van der Waals surface area contributed by atoms with Crippen molar-refractivity contribution >= 4 is 10.0 Å². The molecule has 96 valence electrons. The summed E-state index contributed by atoms with van der Waals surface area (Å²) in [4.78, 5) is 0. The summed E-state index contributed by atoms with van der Waals surface area (Å²) in [6, 6.07) is 9.64. The van der Waals surface area contributed by atoms with Crippen LogP contribution in [0.1, 0.15) is 12.0 Å². The van der Waals surface area contributed by atoms with Crippen molar-refractivity contribution in [2.24, 2.45) is 5.73 Å². The third-order valence-corrected chi connectivity index (χ3v) is 4.50. The minimum absolute atomic E-state index is 0.151. The molecule has 0 bridgehead atoms. The van der Waals surface area contributed by atoms with Crippen LogP contribution in [-0.2, 0) is 16.4 Å². The van der Waals surface area contributed by atoms with Gasteiger partial charge >= 0.3 is 0 Å². The van der Waals surface area contributed by atoms with Crippen LogP contribution >= 0.6 is 0 Å². The lowest BCUT2D eigenvalue weighted by Crippen LogP contribution is -2.31. The Hall–Kier alpha value is -0.910. The molecule has 0 saturated heterocycles. The zero-order valence-corrected chi connectivity index (χ0v) is 11.0. The van der Waals surface area contributed by atoms with Crippen molar-refractivity contribution < 1.29 is 8.42 Å². The molecule has 1 rings (SSSR count). The van der Waals surface area contributed by atoms with E-state index in [-0.39, 0.29) is 5.75 Å². The van der Waals surface area contributed by atoms with E-state index >= 15 is 0 Å². The van der Waals surface area contributed by atoms with Crippen molar-refractivity contribution in [3.63, 3.8) is 0 Å². The highest BCUT2D eigenvalue weighted by Crippen LogP contribution is 2.05. The van der Waals surface area contributed by atoms with Crippen LogP contribution in [0.5, 0.6) is 0 Å². The highest BCUT2D eigenvalue weighted by Gasteiger charge is 2.16. The second-order valence-electron chi connectivity index (χ2n) is 4.02. The quantitative estimate of drug-likeness (QED) is 0.786. The van der Waals surface area contributed by atoms with Gasteiger partial charge < -0.3 is 5.73 Å². The lowest BCUT2D eigenvalue weighted by molar-refractivity contribution is 0.463. The van der Waals surface area contributed by atoms with Crippen LogP contribution in [-0.4, -0.2) is 38.6 Å². The minimum Gasteiger partial charge on any atom is -0.330 e. The lowest BCUT2D eigenvalue weighted by atomic mass is 10.2. The third-order valence-electron chi connectivity index (χ3n) is 2.64. The predicted octanol–water partition coefficient (Wildman–Crippen LogP) is 0.840. The summed E-state index contributed by atoms with van der Waals surface area (Å²) in [7, 11) is -1.55.